The Labute approximate surface area is 284 Å². The fraction of sp³-hybridized carbons (Fsp3) is 0.282. The molecule has 1 saturated heterocycles. The summed E-state index contributed by atoms with van der Waals surface area (Å²) in [6.07, 6.45) is 5.47. The summed E-state index contributed by atoms with van der Waals surface area (Å²) in [6.45, 7) is 8.13. The van der Waals surface area contributed by atoms with Crippen molar-refractivity contribution in [2.75, 3.05) is 37.5 Å². The molecule has 0 atom stereocenters. The lowest BCUT2D eigenvalue weighted by molar-refractivity contribution is 0.0620. The minimum absolute atomic E-state index is 0.123. The molecule has 2 aromatic heterocycles. The van der Waals surface area contributed by atoms with Gasteiger partial charge in [0, 0.05) is 37.6 Å². The van der Waals surface area contributed by atoms with Crippen molar-refractivity contribution in [3.05, 3.63) is 124 Å². The lowest BCUT2D eigenvalue weighted by atomic mass is 9.95. The molecule has 5 aromatic rings. The van der Waals surface area contributed by atoms with Gasteiger partial charge in [-0.25, -0.2) is 14.4 Å². The number of fused-ring (bicyclic) bond motifs is 1. The number of nitrogen functional groups attached to an aromatic ring is 1. The maximum absolute atomic E-state index is 14.5. The minimum Gasteiger partial charge on any atom is -0.508 e. The van der Waals surface area contributed by atoms with E-state index in [9.17, 15) is 14.3 Å². The molecular formula is C39H40FN5O4. The summed E-state index contributed by atoms with van der Waals surface area (Å²) in [5, 5.41) is 11.6. The van der Waals surface area contributed by atoms with E-state index in [4.69, 9.17) is 15.2 Å². The number of nitrogens with two attached hydrogens (primary N) is 1. The van der Waals surface area contributed by atoms with E-state index in [1.807, 2.05) is 67.4 Å². The fourth-order valence-electron chi connectivity index (χ4n) is 6.61. The molecule has 1 fully saturated rings. The van der Waals surface area contributed by atoms with E-state index in [0.717, 1.165) is 55.9 Å². The van der Waals surface area contributed by atoms with Gasteiger partial charge in [0.15, 0.2) is 0 Å². The smallest absolute Gasteiger partial charge is 0.263 e. The van der Waals surface area contributed by atoms with Crippen LogP contribution in [-0.2, 0) is 11.3 Å². The SMILES string of the molecule is C=C=C(c1cc(O)cc(F)c1)c1c(N)ncnc1N(C)Cc1cc2cccc(C)c2c(=O)n1-c1ccccc1OCCCC1CCOCC1. The number of phenolic OH excluding ortho intramolecular Hbond substituents is 1. The van der Waals surface area contributed by atoms with E-state index in [1.165, 1.54) is 18.5 Å². The first-order valence-corrected chi connectivity index (χ1v) is 16.4. The molecule has 252 valence electrons. The number of rotatable bonds is 11. The Hall–Kier alpha value is -5.44. The van der Waals surface area contributed by atoms with Crippen molar-refractivity contribution in [1.29, 1.82) is 0 Å². The lowest BCUT2D eigenvalue weighted by Gasteiger charge is -2.25. The molecule has 3 aromatic carbocycles. The zero-order valence-electron chi connectivity index (χ0n) is 27.8. The second-order valence-corrected chi connectivity index (χ2v) is 12.4. The summed E-state index contributed by atoms with van der Waals surface area (Å²) in [6, 6.07) is 19.1. The largest absolute Gasteiger partial charge is 0.508 e. The van der Waals surface area contributed by atoms with Gasteiger partial charge in [0.05, 0.1) is 29.8 Å². The second kappa shape index (κ2) is 14.8. The molecule has 0 amide bonds. The molecule has 0 radical (unpaired) electrons. The molecule has 1 aliphatic heterocycles. The number of para-hydroxylation sites is 2. The van der Waals surface area contributed by atoms with Crippen LogP contribution in [0.4, 0.5) is 16.0 Å². The first-order valence-electron chi connectivity index (χ1n) is 16.4. The third kappa shape index (κ3) is 7.21. The van der Waals surface area contributed by atoms with Gasteiger partial charge in [-0.1, -0.05) is 36.9 Å². The highest BCUT2D eigenvalue weighted by atomic mass is 19.1. The Morgan fingerprint density at radius 2 is 1.94 bits per heavy atom. The summed E-state index contributed by atoms with van der Waals surface area (Å²) in [7, 11) is 1.82. The molecule has 0 spiro atoms. The van der Waals surface area contributed by atoms with Gasteiger partial charge in [-0.15, -0.1) is 5.73 Å². The standard InChI is InChI=1S/C39H40FN5O4/c1-4-32(28-19-29(40)22-31(46)21-28)36-37(41)42-24-43-38(36)44(3)23-30-20-27-11-7-9-25(2)35(27)39(47)45(30)33-12-5-6-13-34(33)49-16-8-10-26-14-17-48-18-15-26/h5-7,9,11-13,19-22,24,26,46H,1,8,10,14-18,23H2,2-3H3,(H2,41,42,43). The zero-order chi connectivity index (χ0) is 34.5. The normalized spacial score (nSPS) is 13.3. The quantitative estimate of drug-likeness (QED) is 0.115. The molecule has 3 heterocycles. The lowest BCUT2D eigenvalue weighted by Crippen LogP contribution is -2.28. The van der Waals surface area contributed by atoms with Crippen LogP contribution in [0.5, 0.6) is 11.5 Å². The fourth-order valence-corrected chi connectivity index (χ4v) is 6.61. The van der Waals surface area contributed by atoms with E-state index in [0.29, 0.717) is 57.6 Å². The Morgan fingerprint density at radius 1 is 1.14 bits per heavy atom. The molecule has 6 rings (SSSR count). The van der Waals surface area contributed by atoms with Crippen molar-refractivity contribution >= 4 is 28.0 Å². The van der Waals surface area contributed by atoms with Gasteiger partial charge in [0.1, 0.15) is 35.3 Å². The zero-order valence-corrected chi connectivity index (χ0v) is 27.8. The van der Waals surface area contributed by atoms with Crippen molar-refractivity contribution in [1.82, 2.24) is 14.5 Å². The Bertz CT molecular complexity index is 2080. The van der Waals surface area contributed by atoms with Crippen LogP contribution in [0.3, 0.4) is 0 Å². The second-order valence-electron chi connectivity index (χ2n) is 12.4. The number of halogens is 1. The maximum Gasteiger partial charge on any atom is 0.263 e. The number of nitrogens with zero attached hydrogens (tertiary/aromatic N) is 4. The first-order chi connectivity index (χ1) is 23.7. The average molecular weight is 662 g/mol. The van der Waals surface area contributed by atoms with Crippen molar-refractivity contribution in [3.8, 4) is 17.2 Å². The van der Waals surface area contributed by atoms with Crippen LogP contribution in [0, 0.1) is 18.7 Å². The molecule has 9 nitrogen and oxygen atoms in total. The topological polar surface area (TPSA) is 116 Å². The van der Waals surface area contributed by atoms with Gasteiger partial charge < -0.3 is 25.2 Å². The highest BCUT2D eigenvalue weighted by Gasteiger charge is 2.23. The number of aromatic hydroxyl groups is 1. The molecule has 0 bridgehead atoms. The molecular weight excluding hydrogens is 621 g/mol. The minimum atomic E-state index is -0.631. The monoisotopic (exact) mass is 661 g/mol. The number of hydrogen-bond donors (Lipinski definition) is 2. The summed E-state index contributed by atoms with van der Waals surface area (Å²) < 4.78 is 27.9. The number of aryl methyl sites for hydroxylation is 1. The van der Waals surface area contributed by atoms with Gasteiger partial charge in [-0.3, -0.25) is 9.36 Å². The van der Waals surface area contributed by atoms with Crippen LogP contribution in [0.2, 0.25) is 0 Å². The average Bonchev–Trinajstić information content (AvgIpc) is 3.08. The van der Waals surface area contributed by atoms with Gasteiger partial charge >= 0.3 is 0 Å². The van der Waals surface area contributed by atoms with E-state index in [1.54, 1.807) is 4.57 Å². The number of benzene rings is 3. The molecule has 49 heavy (non-hydrogen) atoms. The summed E-state index contributed by atoms with van der Waals surface area (Å²) in [5.74, 6) is 0.898. The molecule has 0 saturated carbocycles. The highest BCUT2D eigenvalue weighted by Crippen LogP contribution is 2.35. The predicted octanol–water partition coefficient (Wildman–Crippen LogP) is 6.95. The maximum atomic E-state index is 14.5. The van der Waals surface area contributed by atoms with E-state index >= 15 is 0 Å². The van der Waals surface area contributed by atoms with Gasteiger partial charge in [0.2, 0.25) is 0 Å². The summed E-state index contributed by atoms with van der Waals surface area (Å²) in [4.78, 5) is 25.0. The van der Waals surface area contributed by atoms with Crippen molar-refractivity contribution < 1.29 is 19.0 Å². The van der Waals surface area contributed by atoms with E-state index in [2.05, 4.69) is 22.3 Å². The van der Waals surface area contributed by atoms with Crippen molar-refractivity contribution in [3.63, 3.8) is 0 Å². The molecule has 0 unspecified atom stereocenters. The van der Waals surface area contributed by atoms with Crippen LogP contribution in [0.15, 0.2) is 90.2 Å². The number of phenols is 1. The number of pyridine rings is 1. The Kier molecular flexibility index (Phi) is 10.1. The van der Waals surface area contributed by atoms with Crippen LogP contribution in [-0.4, -0.2) is 46.5 Å². The van der Waals surface area contributed by atoms with Crippen molar-refractivity contribution in [2.24, 2.45) is 5.92 Å². The molecule has 0 aliphatic carbocycles. The Balaban J connectivity index is 1.40. The van der Waals surface area contributed by atoms with Crippen LogP contribution in [0.1, 0.15) is 48.1 Å². The molecule has 3 N–H and O–H groups in total. The Morgan fingerprint density at radius 3 is 2.71 bits per heavy atom. The summed E-state index contributed by atoms with van der Waals surface area (Å²) >= 11 is 0. The van der Waals surface area contributed by atoms with E-state index in [-0.39, 0.29) is 23.7 Å². The number of ether oxygens (including phenoxy) is 2. The summed E-state index contributed by atoms with van der Waals surface area (Å²) in [5.41, 5.74) is 12.3. The third-order valence-electron chi connectivity index (χ3n) is 9.01. The van der Waals surface area contributed by atoms with Crippen LogP contribution < -0.4 is 20.9 Å². The predicted molar refractivity (Wildman–Crippen MR) is 191 cm³/mol. The molecule has 10 heteroatoms. The van der Waals surface area contributed by atoms with Gasteiger partial charge in [-0.2, -0.15) is 0 Å². The molecule has 1 aliphatic rings. The van der Waals surface area contributed by atoms with Crippen molar-refractivity contribution in [2.45, 2.75) is 39.2 Å². The van der Waals surface area contributed by atoms with Gasteiger partial charge in [0.25, 0.3) is 5.56 Å². The van der Waals surface area contributed by atoms with Crippen LogP contribution in [0.25, 0.3) is 22.0 Å². The third-order valence-corrected chi connectivity index (χ3v) is 9.01. The van der Waals surface area contributed by atoms with Gasteiger partial charge in [-0.05, 0) is 85.4 Å². The number of anilines is 2. The number of hydrogen-bond acceptors (Lipinski definition) is 8. The first kappa shape index (κ1) is 33.5. The van der Waals surface area contributed by atoms with E-state index < -0.39 is 5.82 Å². The number of aromatic nitrogens is 3. The van der Waals surface area contributed by atoms with Crippen LogP contribution >= 0.6 is 0 Å². The highest BCUT2D eigenvalue weighted by molar-refractivity contribution is 5.90.